The highest BCUT2D eigenvalue weighted by atomic mass is 79.9. The molecule has 1 heterocycles. The van der Waals surface area contributed by atoms with Crippen molar-refractivity contribution in [3.63, 3.8) is 0 Å². The summed E-state index contributed by atoms with van der Waals surface area (Å²) in [6.45, 7) is -2.83. The molecule has 3 nitrogen and oxygen atoms in total. The minimum Gasteiger partial charge on any atom is -0.434 e. The zero-order chi connectivity index (χ0) is 10.1. The van der Waals surface area contributed by atoms with Gasteiger partial charge in [-0.25, -0.2) is 0 Å². The average molecular weight is 263 g/mol. The van der Waals surface area contributed by atoms with Crippen molar-refractivity contribution in [1.29, 1.82) is 0 Å². The summed E-state index contributed by atoms with van der Waals surface area (Å²) in [6, 6.07) is 3.13. The number of nitrogens with zero attached hydrogens (tertiary/aromatic N) is 1. The van der Waals surface area contributed by atoms with Gasteiger partial charge in [-0.05, 0) is 22.0 Å². The van der Waals surface area contributed by atoms with E-state index in [1.165, 1.54) is 6.07 Å². The molecule has 74 valence electrons. The lowest BCUT2D eigenvalue weighted by Crippen LogP contribution is -2.02. The lowest BCUT2D eigenvalue weighted by Gasteiger charge is -2.06. The van der Waals surface area contributed by atoms with Crippen LogP contribution in [0.4, 0.5) is 8.78 Å². The monoisotopic (exact) mass is 262 g/mol. The summed E-state index contributed by atoms with van der Waals surface area (Å²) in [4.78, 5) is 0. The molecule has 2 aromatic rings. The summed E-state index contributed by atoms with van der Waals surface area (Å²) in [5.41, 5.74) is 0.656. The van der Waals surface area contributed by atoms with Gasteiger partial charge in [0.05, 0.1) is 16.2 Å². The molecule has 0 atom stereocenters. The van der Waals surface area contributed by atoms with Crippen molar-refractivity contribution < 1.29 is 13.5 Å². The van der Waals surface area contributed by atoms with Crippen molar-refractivity contribution in [3.05, 3.63) is 22.8 Å². The number of ether oxygens (including phenoxy) is 1. The molecule has 1 aromatic carbocycles. The number of H-pyrrole nitrogens is 1. The maximum absolute atomic E-state index is 12.0. The zero-order valence-electron chi connectivity index (χ0n) is 6.80. The summed E-state index contributed by atoms with van der Waals surface area (Å²) >= 11 is 3.13. The lowest BCUT2D eigenvalue weighted by atomic mass is 10.2. The van der Waals surface area contributed by atoms with E-state index in [0.29, 0.717) is 9.99 Å². The predicted molar refractivity (Wildman–Crippen MR) is 50.4 cm³/mol. The van der Waals surface area contributed by atoms with Gasteiger partial charge >= 0.3 is 6.61 Å². The molecule has 0 radical (unpaired) electrons. The number of rotatable bonds is 2. The van der Waals surface area contributed by atoms with Crippen LogP contribution in [0.25, 0.3) is 10.9 Å². The van der Waals surface area contributed by atoms with E-state index in [4.69, 9.17) is 0 Å². The first-order chi connectivity index (χ1) is 6.66. The maximum Gasteiger partial charge on any atom is 0.387 e. The van der Waals surface area contributed by atoms with E-state index in [-0.39, 0.29) is 5.75 Å². The highest BCUT2D eigenvalue weighted by molar-refractivity contribution is 9.10. The highest BCUT2D eigenvalue weighted by Crippen LogP contribution is 2.30. The third-order valence-corrected chi connectivity index (χ3v) is 2.33. The van der Waals surface area contributed by atoms with Crippen LogP contribution < -0.4 is 4.74 Å². The smallest absolute Gasteiger partial charge is 0.387 e. The van der Waals surface area contributed by atoms with Crippen LogP contribution >= 0.6 is 15.9 Å². The fraction of sp³-hybridized carbons (Fsp3) is 0.125. The molecule has 1 aromatic heterocycles. The van der Waals surface area contributed by atoms with Gasteiger partial charge in [0.2, 0.25) is 0 Å². The molecule has 0 spiro atoms. The fourth-order valence-electron chi connectivity index (χ4n) is 1.13. The van der Waals surface area contributed by atoms with Crippen LogP contribution in [0, 0.1) is 0 Å². The number of nitrogens with one attached hydrogen (secondary N) is 1. The quantitative estimate of drug-likeness (QED) is 0.904. The summed E-state index contributed by atoms with van der Waals surface area (Å²) in [5.74, 6) is 0.0942. The molecular weight excluding hydrogens is 258 g/mol. The molecule has 6 heteroatoms. The average Bonchev–Trinajstić information content (AvgIpc) is 2.51. The number of halogens is 3. The van der Waals surface area contributed by atoms with Crippen molar-refractivity contribution in [2.24, 2.45) is 0 Å². The molecule has 2 rings (SSSR count). The van der Waals surface area contributed by atoms with Gasteiger partial charge < -0.3 is 4.74 Å². The number of aromatic amines is 1. The lowest BCUT2D eigenvalue weighted by molar-refractivity contribution is -0.0502. The number of hydrogen-bond acceptors (Lipinski definition) is 2. The molecule has 14 heavy (non-hydrogen) atoms. The van der Waals surface area contributed by atoms with E-state index >= 15 is 0 Å². The third kappa shape index (κ3) is 1.70. The van der Waals surface area contributed by atoms with Crippen molar-refractivity contribution >= 4 is 26.8 Å². The number of aromatic nitrogens is 2. The van der Waals surface area contributed by atoms with Gasteiger partial charge in [-0.15, -0.1) is 0 Å². The van der Waals surface area contributed by atoms with Crippen LogP contribution in [0.15, 0.2) is 22.8 Å². The Hall–Kier alpha value is -1.17. The summed E-state index contributed by atoms with van der Waals surface area (Å²) < 4.78 is 28.7. The van der Waals surface area contributed by atoms with E-state index in [0.717, 1.165) is 5.39 Å². The Bertz CT molecular complexity index is 458. The van der Waals surface area contributed by atoms with Crippen LogP contribution in [-0.4, -0.2) is 16.8 Å². The van der Waals surface area contributed by atoms with Gasteiger partial charge in [-0.3, -0.25) is 5.10 Å². The largest absolute Gasteiger partial charge is 0.434 e. The van der Waals surface area contributed by atoms with Gasteiger partial charge in [0.25, 0.3) is 0 Å². The van der Waals surface area contributed by atoms with E-state index in [1.54, 1.807) is 12.3 Å². The Morgan fingerprint density at radius 2 is 2.21 bits per heavy atom. The number of fused-ring (bicyclic) bond motifs is 1. The van der Waals surface area contributed by atoms with Gasteiger partial charge in [0.1, 0.15) is 5.75 Å². The molecule has 0 unspecified atom stereocenters. The van der Waals surface area contributed by atoms with E-state index in [1.807, 2.05) is 0 Å². The van der Waals surface area contributed by atoms with Gasteiger partial charge in [-0.1, -0.05) is 0 Å². The Balaban J connectivity index is 2.48. The summed E-state index contributed by atoms with van der Waals surface area (Å²) in [7, 11) is 0. The van der Waals surface area contributed by atoms with Crippen molar-refractivity contribution in [2.75, 3.05) is 0 Å². The second-order valence-corrected chi connectivity index (χ2v) is 3.47. The molecule has 0 fully saturated rings. The molecule has 0 bridgehead atoms. The van der Waals surface area contributed by atoms with Crippen LogP contribution in [0.5, 0.6) is 5.75 Å². The van der Waals surface area contributed by atoms with Crippen LogP contribution in [0.1, 0.15) is 0 Å². The standard InChI is InChI=1S/C8H5BrF2N2O/c9-5-1-4-3-12-13-6(4)2-7(5)14-8(10)11/h1-3,8H,(H,12,13). The first-order valence-electron chi connectivity index (χ1n) is 3.74. The predicted octanol–water partition coefficient (Wildman–Crippen LogP) is 2.93. The molecule has 1 N–H and O–H groups in total. The Morgan fingerprint density at radius 1 is 1.43 bits per heavy atom. The van der Waals surface area contributed by atoms with Crippen LogP contribution in [-0.2, 0) is 0 Å². The topological polar surface area (TPSA) is 37.9 Å². The van der Waals surface area contributed by atoms with Crippen molar-refractivity contribution in [1.82, 2.24) is 10.2 Å². The van der Waals surface area contributed by atoms with Crippen LogP contribution in [0.2, 0.25) is 0 Å². The normalized spacial score (nSPS) is 11.1. The molecule has 0 amide bonds. The Labute approximate surface area is 86.2 Å². The van der Waals surface area contributed by atoms with Gasteiger partial charge in [0, 0.05) is 11.5 Å². The molecule has 0 aliphatic carbocycles. The number of alkyl halides is 2. The van der Waals surface area contributed by atoms with E-state index < -0.39 is 6.61 Å². The second kappa shape index (κ2) is 3.53. The summed E-state index contributed by atoms with van der Waals surface area (Å²) in [6.07, 6.45) is 1.60. The maximum atomic E-state index is 12.0. The van der Waals surface area contributed by atoms with Crippen molar-refractivity contribution in [2.45, 2.75) is 6.61 Å². The highest BCUT2D eigenvalue weighted by Gasteiger charge is 2.09. The summed E-state index contributed by atoms with van der Waals surface area (Å²) in [5, 5.41) is 7.27. The first kappa shape index (κ1) is 9.39. The van der Waals surface area contributed by atoms with Crippen LogP contribution in [0.3, 0.4) is 0 Å². The van der Waals surface area contributed by atoms with Gasteiger partial charge in [-0.2, -0.15) is 13.9 Å². The van der Waals surface area contributed by atoms with Crippen molar-refractivity contribution in [3.8, 4) is 5.75 Å². The molecule has 0 aliphatic heterocycles. The number of benzene rings is 1. The minimum atomic E-state index is -2.83. The fourth-order valence-corrected chi connectivity index (χ4v) is 1.58. The molecular formula is C8H5BrF2N2O. The SMILES string of the molecule is FC(F)Oc1cc2[nH]ncc2cc1Br. The zero-order valence-corrected chi connectivity index (χ0v) is 8.38. The molecule has 0 saturated carbocycles. The first-order valence-corrected chi connectivity index (χ1v) is 4.53. The minimum absolute atomic E-state index is 0.0942. The van der Waals surface area contributed by atoms with Gasteiger partial charge in [0.15, 0.2) is 0 Å². The molecule has 0 aliphatic rings. The Morgan fingerprint density at radius 3 is 2.93 bits per heavy atom. The Kier molecular flexibility index (Phi) is 2.37. The van der Waals surface area contributed by atoms with E-state index in [9.17, 15) is 8.78 Å². The third-order valence-electron chi connectivity index (χ3n) is 1.71. The second-order valence-electron chi connectivity index (χ2n) is 2.62. The number of hydrogen-bond donors (Lipinski definition) is 1. The molecule has 0 saturated heterocycles. The van der Waals surface area contributed by atoms with E-state index in [2.05, 4.69) is 30.9 Å².